The summed E-state index contributed by atoms with van der Waals surface area (Å²) in [5.41, 5.74) is 4.14. The van der Waals surface area contributed by atoms with E-state index < -0.39 is 0 Å². The molecule has 5 heteroatoms. The van der Waals surface area contributed by atoms with Crippen molar-refractivity contribution in [2.45, 2.75) is 13.3 Å². The molecule has 0 spiro atoms. The number of hydrogen-bond donors (Lipinski definition) is 1. The van der Waals surface area contributed by atoms with E-state index in [2.05, 4.69) is 30.4 Å². The molecule has 3 nitrogen and oxygen atoms in total. The quantitative estimate of drug-likeness (QED) is 0.518. The Morgan fingerprint density at radius 2 is 1.96 bits per heavy atom. The summed E-state index contributed by atoms with van der Waals surface area (Å²) in [6.45, 7) is 2.09. The van der Waals surface area contributed by atoms with Crippen molar-refractivity contribution in [3.8, 4) is 10.6 Å². The molecule has 1 N–H and O–H groups in total. The van der Waals surface area contributed by atoms with Crippen LogP contribution in [0, 0.1) is 6.92 Å². The maximum absolute atomic E-state index is 12.1. The number of rotatable bonds is 4. The van der Waals surface area contributed by atoms with Gasteiger partial charge in [0.25, 0.3) is 0 Å². The monoisotopic (exact) mass is 364 g/mol. The van der Waals surface area contributed by atoms with Crippen LogP contribution >= 0.6 is 22.7 Å². The van der Waals surface area contributed by atoms with Crippen molar-refractivity contribution in [2.24, 2.45) is 0 Å². The van der Waals surface area contributed by atoms with Crippen LogP contribution in [-0.2, 0) is 11.2 Å². The van der Waals surface area contributed by atoms with Crippen molar-refractivity contribution in [3.63, 3.8) is 0 Å². The standard InChI is InChI=1S/C20H16N2OS2/c1-13-4-9-17-18(11-13)25-20(22-17)14-5-7-15(8-6-14)21-19(23)12-16-3-2-10-24-16/h2-11H,12H2,1H3,(H,21,23). The fourth-order valence-electron chi connectivity index (χ4n) is 2.63. The SMILES string of the molecule is Cc1ccc2nc(-c3ccc(NC(=O)Cc4cccs4)cc3)sc2c1. The zero-order valence-electron chi connectivity index (χ0n) is 13.7. The van der Waals surface area contributed by atoms with Crippen molar-refractivity contribution in [3.05, 3.63) is 70.4 Å². The van der Waals surface area contributed by atoms with Gasteiger partial charge in [0.2, 0.25) is 5.91 Å². The van der Waals surface area contributed by atoms with Crippen molar-refractivity contribution in [1.82, 2.24) is 4.98 Å². The fraction of sp³-hybridized carbons (Fsp3) is 0.100. The van der Waals surface area contributed by atoms with Crippen LogP contribution in [0.5, 0.6) is 0 Å². The summed E-state index contributed by atoms with van der Waals surface area (Å²) in [6.07, 6.45) is 0.413. The highest BCUT2D eigenvalue weighted by molar-refractivity contribution is 7.21. The first kappa shape index (κ1) is 16.0. The number of fused-ring (bicyclic) bond motifs is 1. The van der Waals surface area contributed by atoms with Crippen LogP contribution in [0.2, 0.25) is 0 Å². The second-order valence-corrected chi connectivity index (χ2v) is 7.93. The largest absolute Gasteiger partial charge is 0.326 e. The van der Waals surface area contributed by atoms with Gasteiger partial charge in [-0.15, -0.1) is 22.7 Å². The average Bonchev–Trinajstić information content (AvgIpc) is 3.24. The number of aryl methyl sites for hydroxylation is 1. The molecule has 2 aromatic carbocycles. The van der Waals surface area contributed by atoms with E-state index in [0.717, 1.165) is 26.7 Å². The van der Waals surface area contributed by atoms with Crippen LogP contribution < -0.4 is 5.32 Å². The lowest BCUT2D eigenvalue weighted by molar-refractivity contribution is -0.115. The van der Waals surface area contributed by atoms with Gasteiger partial charge in [0.15, 0.2) is 0 Å². The number of amides is 1. The van der Waals surface area contributed by atoms with Gasteiger partial charge in [-0.3, -0.25) is 4.79 Å². The second-order valence-electron chi connectivity index (χ2n) is 5.87. The summed E-state index contributed by atoms with van der Waals surface area (Å²) in [7, 11) is 0. The van der Waals surface area contributed by atoms with Crippen molar-refractivity contribution >= 4 is 44.5 Å². The minimum Gasteiger partial charge on any atom is -0.326 e. The Hall–Kier alpha value is -2.50. The minimum atomic E-state index is 0.00524. The molecular weight excluding hydrogens is 348 g/mol. The predicted octanol–water partition coefficient (Wildman–Crippen LogP) is 5.51. The topological polar surface area (TPSA) is 42.0 Å². The molecular formula is C20H16N2OS2. The van der Waals surface area contributed by atoms with E-state index in [4.69, 9.17) is 4.98 Å². The summed E-state index contributed by atoms with van der Waals surface area (Å²) in [5.74, 6) is 0.00524. The minimum absolute atomic E-state index is 0.00524. The van der Waals surface area contributed by atoms with Gasteiger partial charge >= 0.3 is 0 Å². The Balaban J connectivity index is 1.50. The molecule has 2 heterocycles. The summed E-state index contributed by atoms with van der Waals surface area (Å²) in [6, 6.07) is 18.1. The van der Waals surface area contributed by atoms with Gasteiger partial charge in [-0.25, -0.2) is 4.98 Å². The highest BCUT2D eigenvalue weighted by atomic mass is 32.1. The Kier molecular flexibility index (Phi) is 4.34. The first-order valence-electron chi connectivity index (χ1n) is 7.97. The molecule has 25 heavy (non-hydrogen) atoms. The Morgan fingerprint density at radius 3 is 2.72 bits per heavy atom. The van der Waals surface area contributed by atoms with Crippen LogP contribution in [-0.4, -0.2) is 10.9 Å². The molecule has 4 aromatic rings. The van der Waals surface area contributed by atoms with E-state index in [1.54, 1.807) is 22.7 Å². The van der Waals surface area contributed by atoms with Crippen LogP contribution in [0.4, 0.5) is 5.69 Å². The molecule has 0 aliphatic carbocycles. The maximum atomic E-state index is 12.1. The number of nitrogens with zero attached hydrogens (tertiary/aromatic N) is 1. The smallest absolute Gasteiger partial charge is 0.229 e. The maximum Gasteiger partial charge on any atom is 0.229 e. The van der Waals surface area contributed by atoms with Gasteiger partial charge in [0.1, 0.15) is 5.01 Å². The number of hydrogen-bond acceptors (Lipinski definition) is 4. The molecule has 0 bridgehead atoms. The molecule has 4 rings (SSSR count). The summed E-state index contributed by atoms with van der Waals surface area (Å²) < 4.78 is 1.20. The highest BCUT2D eigenvalue weighted by Gasteiger charge is 2.08. The van der Waals surface area contributed by atoms with E-state index in [1.165, 1.54) is 10.3 Å². The number of thiophene rings is 1. The molecule has 124 valence electrons. The van der Waals surface area contributed by atoms with E-state index in [9.17, 15) is 4.79 Å². The summed E-state index contributed by atoms with van der Waals surface area (Å²) >= 11 is 3.29. The fourth-order valence-corrected chi connectivity index (χ4v) is 4.40. The third-order valence-electron chi connectivity index (χ3n) is 3.87. The van der Waals surface area contributed by atoms with Crippen LogP contribution in [0.25, 0.3) is 20.8 Å². The number of carbonyl (C=O) groups excluding carboxylic acids is 1. The Bertz CT molecular complexity index is 1020. The van der Waals surface area contributed by atoms with E-state index in [0.29, 0.717) is 6.42 Å². The van der Waals surface area contributed by atoms with Gasteiger partial charge in [0.05, 0.1) is 16.6 Å². The molecule has 0 atom stereocenters. The number of nitrogens with one attached hydrogen (secondary N) is 1. The summed E-state index contributed by atoms with van der Waals surface area (Å²) in [4.78, 5) is 17.8. The number of thiazole rings is 1. The van der Waals surface area contributed by atoms with Gasteiger partial charge in [-0.2, -0.15) is 0 Å². The lowest BCUT2D eigenvalue weighted by atomic mass is 10.2. The molecule has 1 amide bonds. The second kappa shape index (κ2) is 6.78. The van der Waals surface area contributed by atoms with E-state index in [1.807, 2.05) is 41.8 Å². The third-order valence-corrected chi connectivity index (χ3v) is 5.82. The van der Waals surface area contributed by atoms with Crippen molar-refractivity contribution in [2.75, 3.05) is 5.32 Å². The number of aromatic nitrogens is 1. The number of anilines is 1. The van der Waals surface area contributed by atoms with Crippen molar-refractivity contribution < 1.29 is 4.79 Å². The molecule has 0 fully saturated rings. The molecule has 0 saturated heterocycles. The molecule has 2 aromatic heterocycles. The predicted molar refractivity (Wildman–Crippen MR) is 106 cm³/mol. The Morgan fingerprint density at radius 1 is 1.12 bits per heavy atom. The molecule has 0 unspecified atom stereocenters. The van der Waals surface area contributed by atoms with Gasteiger partial charge in [-0.05, 0) is 60.3 Å². The molecule has 0 saturated carbocycles. The van der Waals surface area contributed by atoms with Gasteiger partial charge in [-0.1, -0.05) is 12.1 Å². The molecule has 0 radical (unpaired) electrons. The number of carbonyl (C=O) groups is 1. The first-order valence-corrected chi connectivity index (χ1v) is 9.67. The van der Waals surface area contributed by atoms with Crippen molar-refractivity contribution in [1.29, 1.82) is 0 Å². The van der Waals surface area contributed by atoms with Crippen LogP contribution in [0.15, 0.2) is 60.0 Å². The number of benzene rings is 2. The molecule has 0 aliphatic heterocycles. The zero-order chi connectivity index (χ0) is 17.2. The first-order chi connectivity index (χ1) is 12.2. The van der Waals surface area contributed by atoms with Crippen LogP contribution in [0.3, 0.4) is 0 Å². The normalized spacial score (nSPS) is 10.9. The van der Waals surface area contributed by atoms with E-state index in [-0.39, 0.29) is 5.91 Å². The molecule has 0 aliphatic rings. The van der Waals surface area contributed by atoms with Gasteiger partial charge < -0.3 is 5.32 Å². The van der Waals surface area contributed by atoms with Gasteiger partial charge in [0, 0.05) is 16.1 Å². The zero-order valence-corrected chi connectivity index (χ0v) is 15.3. The highest BCUT2D eigenvalue weighted by Crippen LogP contribution is 2.31. The van der Waals surface area contributed by atoms with E-state index >= 15 is 0 Å². The summed E-state index contributed by atoms with van der Waals surface area (Å²) in [5, 5.41) is 5.92. The lowest BCUT2D eigenvalue weighted by Gasteiger charge is -2.05. The van der Waals surface area contributed by atoms with Crippen LogP contribution in [0.1, 0.15) is 10.4 Å². The third kappa shape index (κ3) is 3.62. The average molecular weight is 364 g/mol. The Labute approximate surface area is 154 Å². The lowest BCUT2D eigenvalue weighted by Crippen LogP contribution is -2.13.